The lowest BCUT2D eigenvalue weighted by Gasteiger charge is -2.34. The number of amides is 2. The van der Waals surface area contributed by atoms with Crippen molar-refractivity contribution in [3.63, 3.8) is 0 Å². The molecule has 0 saturated carbocycles. The van der Waals surface area contributed by atoms with Gasteiger partial charge in [-0.3, -0.25) is 14.5 Å². The van der Waals surface area contributed by atoms with Crippen LogP contribution in [0.4, 0.5) is 10.1 Å². The summed E-state index contributed by atoms with van der Waals surface area (Å²) >= 11 is 1.31. The van der Waals surface area contributed by atoms with E-state index in [0.717, 1.165) is 21.5 Å². The van der Waals surface area contributed by atoms with Crippen molar-refractivity contribution in [3.8, 4) is 0 Å². The summed E-state index contributed by atoms with van der Waals surface area (Å²) in [5.41, 5.74) is 3.53. The first-order valence-corrected chi connectivity index (χ1v) is 11.8. The number of methoxy groups -OCH3 is 1. The summed E-state index contributed by atoms with van der Waals surface area (Å²) in [6, 6.07) is 10.8. The van der Waals surface area contributed by atoms with E-state index in [4.69, 9.17) is 4.74 Å². The van der Waals surface area contributed by atoms with Gasteiger partial charge < -0.3 is 15.0 Å². The van der Waals surface area contributed by atoms with Gasteiger partial charge in [0.2, 0.25) is 5.91 Å². The highest BCUT2D eigenvalue weighted by atomic mass is 32.1. The van der Waals surface area contributed by atoms with Crippen molar-refractivity contribution in [1.82, 2.24) is 9.80 Å². The van der Waals surface area contributed by atoms with Crippen LogP contribution in [0.25, 0.3) is 10.1 Å². The molecule has 8 heteroatoms. The summed E-state index contributed by atoms with van der Waals surface area (Å²) in [5, 5.41) is 3.49. The third kappa shape index (κ3) is 4.93. The van der Waals surface area contributed by atoms with Gasteiger partial charge in [0.25, 0.3) is 5.91 Å². The van der Waals surface area contributed by atoms with E-state index in [2.05, 4.69) is 5.32 Å². The highest BCUT2D eigenvalue weighted by molar-refractivity contribution is 7.21. The number of carbonyl (C=O) groups excluding carboxylic acids is 2. The number of piperazine rings is 1. The highest BCUT2D eigenvalue weighted by Crippen LogP contribution is 2.34. The predicted octanol–water partition coefficient (Wildman–Crippen LogP) is 4.20. The molecule has 1 aromatic heterocycles. The molecule has 1 fully saturated rings. The Morgan fingerprint density at radius 3 is 2.39 bits per heavy atom. The molecule has 0 unspecified atom stereocenters. The van der Waals surface area contributed by atoms with E-state index >= 15 is 0 Å². The number of benzene rings is 2. The van der Waals surface area contributed by atoms with Crippen LogP contribution in [-0.2, 0) is 16.1 Å². The van der Waals surface area contributed by atoms with Gasteiger partial charge in [-0.25, -0.2) is 4.39 Å². The first-order valence-electron chi connectivity index (χ1n) is 11.0. The van der Waals surface area contributed by atoms with Crippen LogP contribution in [0, 0.1) is 19.7 Å². The van der Waals surface area contributed by atoms with E-state index in [1.807, 2.05) is 43.0 Å². The number of nitrogens with one attached hydrogen (secondary N) is 1. The minimum atomic E-state index is -0.338. The number of halogens is 1. The molecule has 2 heterocycles. The summed E-state index contributed by atoms with van der Waals surface area (Å²) < 4.78 is 20.5. The average Bonchev–Trinajstić information content (AvgIpc) is 3.16. The van der Waals surface area contributed by atoms with Crippen molar-refractivity contribution in [3.05, 3.63) is 63.8 Å². The van der Waals surface area contributed by atoms with Crippen molar-refractivity contribution in [1.29, 1.82) is 0 Å². The molecule has 2 amide bonds. The maximum absolute atomic E-state index is 14.4. The molecule has 4 rings (SSSR count). The Morgan fingerprint density at radius 2 is 1.73 bits per heavy atom. The Kier molecular flexibility index (Phi) is 7.07. The number of thiophene rings is 1. The summed E-state index contributed by atoms with van der Waals surface area (Å²) in [5.74, 6) is -0.508. The van der Waals surface area contributed by atoms with Crippen LogP contribution in [0.3, 0.4) is 0 Å². The van der Waals surface area contributed by atoms with E-state index in [1.165, 1.54) is 17.4 Å². The zero-order chi connectivity index (χ0) is 23.5. The van der Waals surface area contributed by atoms with Crippen LogP contribution < -0.4 is 5.32 Å². The average molecular weight is 470 g/mol. The van der Waals surface area contributed by atoms with Gasteiger partial charge >= 0.3 is 0 Å². The Hall–Kier alpha value is -2.81. The molecule has 0 bridgehead atoms. The molecule has 1 N–H and O–H groups in total. The fourth-order valence-electron chi connectivity index (χ4n) is 4.27. The van der Waals surface area contributed by atoms with Crippen LogP contribution >= 0.6 is 11.3 Å². The summed E-state index contributed by atoms with van der Waals surface area (Å²) in [7, 11) is 1.54. The van der Waals surface area contributed by atoms with Gasteiger partial charge in [0, 0.05) is 54.6 Å². The molecular formula is C25H28FN3O3S. The third-order valence-corrected chi connectivity index (χ3v) is 7.20. The van der Waals surface area contributed by atoms with E-state index < -0.39 is 0 Å². The van der Waals surface area contributed by atoms with Crippen molar-refractivity contribution >= 4 is 38.9 Å². The van der Waals surface area contributed by atoms with Gasteiger partial charge in [0.1, 0.15) is 5.82 Å². The second kappa shape index (κ2) is 9.99. The van der Waals surface area contributed by atoms with Gasteiger partial charge in [0.05, 0.1) is 18.0 Å². The number of hydrogen-bond acceptors (Lipinski definition) is 5. The number of ether oxygens (including phenoxy) is 1. The van der Waals surface area contributed by atoms with Crippen LogP contribution in [0.1, 0.15) is 26.4 Å². The van der Waals surface area contributed by atoms with Crippen LogP contribution in [-0.4, -0.2) is 61.4 Å². The summed E-state index contributed by atoms with van der Waals surface area (Å²) in [4.78, 5) is 30.2. The van der Waals surface area contributed by atoms with Crippen molar-refractivity contribution in [2.45, 2.75) is 20.5 Å². The first kappa shape index (κ1) is 23.4. The molecule has 0 atom stereocenters. The number of aryl methyl sites for hydroxylation is 2. The molecular weight excluding hydrogens is 441 g/mol. The Morgan fingerprint density at radius 1 is 1.06 bits per heavy atom. The topological polar surface area (TPSA) is 61.9 Å². The number of carbonyl (C=O) groups is 2. The van der Waals surface area contributed by atoms with E-state index in [0.29, 0.717) is 42.0 Å². The van der Waals surface area contributed by atoms with Gasteiger partial charge in [-0.2, -0.15) is 0 Å². The number of para-hydroxylation sites is 1. The molecule has 6 nitrogen and oxygen atoms in total. The zero-order valence-electron chi connectivity index (χ0n) is 19.1. The van der Waals surface area contributed by atoms with Crippen molar-refractivity contribution in [2.24, 2.45) is 0 Å². The lowest BCUT2D eigenvalue weighted by molar-refractivity contribution is -0.117. The van der Waals surface area contributed by atoms with Gasteiger partial charge in [-0.05, 0) is 37.1 Å². The van der Waals surface area contributed by atoms with Gasteiger partial charge in [0.15, 0.2) is 0 Å². The molecule has 1 aliphatic heterocycles. The predicted molar refractivity (Wildman–Crippen MR) is 129 cm³/mol. The molecule has 1 aliphatic rings. The largest absolute Gasteiger partial charge is 0.380 e. The minimum Gasteiger partial charge on any atom is -0.380 e. The first-order chi connectivity index (χ1) is 15.9. The lowest BCUT2D eigenvalue weighted by atomic mass is 10.1. The number of hydrogen-bond donors (Lipinski definition) is 1. The molecule has 0 spiro atoms. The fraction of sp³-hybridized carbons (Fsp3) is 0.360. The monoisotopic (exact) mass is 469 g/mol. The van der Waals surface area contributed by atoms with Crippen LogP contribution in [0.2, 0.25) is 0 Å². The maximum Gasteiger partial charge on any atom is 0.264 e. The zero-order valence-corrected chi connectivity index (χ0v) is 19.9. The Bertz CT molecular complexity index is 1160. The molecule has 0 radical (unpaired) electrons. The number of rotatable bonds is 6. The number of fused-ring (bicyclic) bond motifs is 1. The van der Waals surface area contributed by atoms with Gasteiger partial charge in [-0.15, -0.1) is 11.3 Å². The third-order valence-electron chi connectivity index (χ3n) is 6.02. The molecule has 33 heavy (non-hydrogen) atoms. The highest BCUT2D eigenvalue weighted by Gasteiger charge is 2.28. The molecule has 3 aromatic rings. The SMILES string of the molecule is COCc1c(C(=O)N2CCN(CC(=O)Nc3c(C)cccc3C)CC2)sc2cccc(F)c12. The van der Waals surface area contributed by atoms with Gasteiger partial charge in [-0.1, -0.05) is 24.3 Å². The van der Waals surface area contributed by atoms with E-state index in [-0.39, 0.29) is 30.8 Å². The second-order valence-corrected chi connectivity index (χ2v) is 9.39. The Labute approximate surface area is 196 Å². The van der Waals surface area contributed by atoms with E-state index in [1.54, 1.807) is 18.1 Å². The van der Waals surface area contributed by atoms with E-state index in [9.17, 15) is 14.0 Å². The molecule has 0 aliphatic carbocycles. The lowest BCUT2D eigenvalue weighted by Crippen LogP contribution is -2.50. The molecule has 2 aromatic carbocycles. The molecule has 1 saturated heterocycles. The van der Waals surface area contributed by atoms with Crippen LogP contribution in [0.5, 0.6) is 0 Å². The minimum absolute atomic E-state index is 0.0606. The Balaban J connectivity index is 1.40. The fourth-order valence-corrected chi connectivity index (χ4v) is 5.46. The number of anilines is 1. The quantitative estimate of drug-likeness (QED) is 0.588. The molecule has 174 valence electrons. The maximum atomic E-state index is 14.4. The second-order valence-electron chi connectivity index (χ2n) is 8.34. The standard InChI is InChI=1S/C25H28FN3O3S/c1-16-6-4-7-17(2)23(16)27-21(30)14-28-10-12-29(13-11-28)25(31)24-18(15-32-3)22-19(26)8-5-9-20(22)33-24/h4-9H,10-15H2,1-3H3,(H,27,30). The summed E-state index contributed by atoms with van der Waals surface area (Å²) in [6.45, 7) is 6.64. The number of nitrogens with zero attached hydrogens (tertiary/aromatic N) is 2. The normalized spacial score (nSPS) is 14.6. The van der Waals surface area contributed by atoms with Crippen molar-refractivity contribution < 1.29 is 18.7 Å². The smallest absolute Gasteiger partial charge is 0.264 e. The van der Waals surface area contributed by atoms with Crippen LogP contribution in [0.15, 0.2) is 36.4 Å². The summed E-state index contributed by atoms with van der Waals surface area (Å²) in [6.07, 6.45) is 0. The van der Waals surface area contributed by atoms with Crippen molar-refractivity contribution in [2.75, 3.05) is 45.2 Å².